The largest absolute Gasteiger partial charge is 0.325 e. The molecule has 2 N–H and O–H groups in total. The monoisotopic (exact) mass is 435 g/mol. The standard InChI is InChI=1S/C19H21N3O3S3/c1-12(2)13-4-6-14(7-5-13)20-18(23)11-26-19-21-16-9-8-15(10-17(16)27-19)22-28(3,24)25/h4-10,12,22H,11H2,1-3H3,(H,20,23). The van der Waals surface area contributed by atoms with Crippen LogP contribution in [0, 0.1) is 0 Å². The highest BCUT2D eigenvalue weighted by molar-refractivity contribution is 8.01. The van der Waals surface area contributed by atoms with Crippen molar-refractivity contribution in [2.45, 2.75) is 24.1 Å². The number of aromatic nitrogens is 1. The molecule has 0 saturated carbocycles. The number of sulfonamides is 1. The third-order valence-electron chi connectivity index (χ3n) is 3.86. The second-order valence-electron chi connectivity index (χ2n) is 6.65. The van der Waals surface area contributed by atoms with Gasteiger partial charge in [0.05, 0.1) is 27.9 Å². The third-order valence-corrected chi connectivity index (χ3v) is 6.63. The zero-order valence-electron chi connectivity index (χ0n) is 15.7. The van der Waals surface area contributed by atoms with Crippen molar-refractivity contribution >= 4 is 60.6 Å². The molecule has 0 spiro atoms. The van der Waals surface area contributed by atoms with Gasteiger partial charge in [-0.15, -0.1) is 11.3 Å². The highest BCUT2D eigenvalue weighted by Crippen LogP contribution is 2.31. The fraction of sp³-hybridized carbons (Fsp3) is 0.263. The average molecular weight is 436 g/mol. The van der Waals surface area contributed by atoms with Crippen molar-refractivity contribution in [3.8, 4) is 0 Å². The van der Waals surface area contributed by atoms with Crippen LogP contribution >= 0.6 is 23.1 Å². The summed E-state index contributed by atoms with van der Waals surface area (Å²) in [5, 5.41) is 2.89. The van der Waals surface area contributed by atoms with Gasteiger partial charge in [-0.05, 0) is 41.8 Å². The quantitative estimate of drug-likeness (QED) is 0.533. The van der Waals surface area contributed by atoms with Gasteiger partial charge in [0.1, 0.15) is 0 Å². The molecule has 0 saturated heterocycles. The minimum absolute atomic E-state index is 0.0963. The number of nitrogens with zero attached hydrogens (tertiary/aromatic N) is 1. The van der Waals surface area contributed by atoms with Crippen molar-refractivity contribution in [3.05, 3.63) is 48.0 Å². The summed E-state index contributed by atoms with van der Waals surface area (Å²) in [5.74, 6) is 0.605. The van der Waals surface area contributed by atoms with E-state index < -0.39 is 10.0 Å². The van der Waals surface area contributed by atoms with E-state index in [0.29, 0.717) is 11.6 Å². The van der Waals surface area contributed by atoms with Gasteiger partial charge in [0.2, 0.25) is 15.9 Å². The maximum atomic E-state index is 12.2. The van der Waals surface area contributed by atoms with E-state index in [1.165, 1.54) is 28.7 Å². The Morgan fingerprint density at radius 1 is 1.14 bits per heavy atom. The summed E-state index contributed by atoms with van der Waals surface area (Å²) in [4.78, 5) is 16.7. The summed E-state index contributed by atoms with van der Waals surface area (Å²) in [5.41, 5.74) is 3.27. The molecule has 3 rings (SSSR count). The normalized spacial score (nSPS) is 11.7. The maximum absolute atomic E-state index is 12.2. The minimum atomic E-state index is -3.32. The summed E-state index contributed by atoms with van der Waals surface area (Å²) in [6.07, 6.45) is 1.11. The lowest BCUT2D eigenvalue weighted by atomic mass is 10.0. The molecule has 0 unspecified atom stereocenters. The SMILES string of the molecule is CC(C)c1ccc(NC(=O)CSc2nc3ccc(NS(C)(=O)=O)cc3s2)cc1. The minimum Gasteiger partial charge on any atom is -0.325 e. The van der Waals surface area contributed by atoms with Crippen molar-refractivity contribution < 1.29 is 13.2 Å². The van der Waals surface area contributed by atoms with Crippen LogP contribution in [0.15, 0.2) is 46.8 Å². The first kappa shape index (κ1) is 20.6. The van der Waals surface area contributed by atoms with E-state index in [1.54, 1.807) is 18.2 Å². The number of fused-ring (bicyclic) bond motifs is 1. The lowest BCUT2D eigenvalue weighted by Crippen LogP contribution is -2.13. The van der Waals surface area contributed by atoms with Crippen LogP contribution in [0.5, 0.6) is 0 Å². The first-order chi connectivity index (χ1) is 13.2. The van der Waals surface area contributed by atoms with Crippen molar-refractivity contribution in [2.24, 2.45) is 0 Å². The van der Waals surface area contributed by atoms with Gasteiger partial charge in [-0.2, -0.15) is 0 Å². The molecule has 6 nitrogen and oxygen atoms in total. The van der Waals surface area contributed by atoms with E-state index in [1.807, 2.05) is 24.3 Å². The number of nitrogens with one attached hydrogen (secondary N) is 2. The number of hydrogen-bond acceptors (Lipinski definition) is 6. The number of benzene rings is 2. The second kappa shape index (κ2) is 8.50. The van der Waals surface area contributed by atoms with Gasteiger partial charge in [-0.25, -0.2) is 13.4 Å². The van der Waals surface area contributed by atoms with Crippen LogP contribution in [0.2, 0.25) is 0 Å². The molecule has 0 atom stereocenters. The number of rotatable bonds is 7. The number of carbonyl (C=O) groups excluding carboxylic acids is 1. The Hall–Kier alpha value is -2.10. The molecule has 2 aromatic carbocycles. The van der Waals surface area contributed by atoms with Crippen LogP contribution in [0.4, 0.5) is 11.4 Å². The number of amides is 1. The average Bonchev–Trinajstić information content (AvgIpc) is 3.01. The molecule has 9 heteroatoms. The zero-order chi connectivity index (χ0) is 20.3. The van der Waals surface area contributed by atoms with Crippen LogP contribution in [0.3, 0.4) is 0 Å². The van der Waals surface area contributed by atoms with Gasteiger partial charge in [0.15, 0.2) is 4.34 Å². The van der Waals surface area contributed by atoms with E-state index in [0.717, 1.165) is 26.5 Å². The van der Waals surface area contributed by atoms with Gasteiger partial charge < -0.3 is 5.32 Å². The fourth-order valence-electron chi connectivity index (χ4n) is 2.52. The van der Waals surface area contributed by atoms with Crippen LogP contribution in [-0.2, 0) is 14.8 Å². The molecular weight excluding hydrogens is 414 g/mol. The summed E-state index contributed by atoms with van der Waals surface area (Å²) in [7, 11) is -3.32. The van der Waals surface area contributed by atoms with Crippen molar-refractivity contribution in [3.63, 3.8) is 0 Å². The number of thioether (sulfide) groups is 1. The Balaban J connectivity index is 1.60. The number of thiazole rings is 1. The molecule has 1 aromatic heterocycles. The van der Waals surface area contributed by atoms with Gasteiger partial charge >= 0.3 is 0 Å². The van der Waals surface area contributed by atoms with Crippen LogP contribution in [0.25, 0.3) is 10.2 Å². The Kier molecular flexibility index (Phi) is 6.26. The molecule has 1 amide bonds. The first-order valence-corrected chi connectivity index (χ1v) is 12.3. The Morgan fingerprint density at radius 3 is 2.46 bits per heavy atom. The lowest BCUT2D eigenvalue weighted by molar-refractivity contribution is -0.113. The highest BCUT2D eigenvalue weighted by atomic mass is 32.2. The first-order valence-electron chi connectivity index (χ1n) is 8.60. The van der Waals surface area contributed by atoms with Crippen molar-refractivity contribution in [1.82, 2.24) is 4.98 Å². The van der Waals surface area contributed by atoms with Gasteiger partial charge in [0.25, 0.3) is 0 Å². The van der Waals surface area contributed by atoms with E-state index in [2.05, 4.69) is 28.9 Å². The molecule has 1 heterocycles. The molecule has 0 aliphatic carbocycles. The molecular formula is C19H21N3O3S3. The predicted molar refractivity (Wildman–Crippen MR) is 118 cm³/mol. The summed E-state index contributed by atoms with van der Waals surface area (Å²) < 4.78 is 26.8. The number of anilines is 2. The molecule has 3 aromatic rings. The topological polar surface area (TPSA) is 88.2 Å². The Morgan fingerprint density at radius 2 is 1.82 bits per heavy atom. The lowest BCUT2D eigenvalue weighted by Gasteiger charge is -2.08. The van der Waals surface area contributed by atoms with Crippen LogP contribution in [-0.4, -0.2) is 31.3 Å². The molecule has 28 heavy (non-hydrogen) atoms. The molecule has 0 fully saturated rings. The smallest absolute Gasteiger partial charge is 0.234 e. The molecule has 148 valence electrons. The molecule has 0 bridgehead atoms. The van der Waals surface area contributed by atoms with Gasteiger partial charge in [0, 0.05) is 5.69 Å². The van der Waals surface area contributed by atoms with E-state index in [4.69, 9.17) is 0 Å². The predicted octanol–water partition coefficient (Wildman–Crippen LogP) is 4.52. The fourth-order valence-corrected chi connectivity index (χ4v) is 4.98. The molecule has 0 aliphatic heterocycles. The Labute approximate surface area is 172 Å². The van der Waals surface area contributed by atoms with Crippen molar-refractivity contribution in [2.75, 3.05) is 22.0 Å². The van der Waals surface area contributed by atoms with Crippen LogP contribution < -0.4 is 10.0 Å². The van der Waals surface area contributed by atoms with Crippen molar-refractivity contribution in [1.29, 1.82) is 0 Å². The Bertz CT molecular complexity index is 1090. The summed E-state index contributed by atoms with van der Waals surface area (Å²) in [6, 6.07) is 13.0. The van der Waals surface area contributed by atoms with E-state index in [9.17, 15) is 13.2 Å². The summed E-state index contributed by atoms with van der Waals surface area (Å²) in [6.45, 7) is 4.25. The second-order valence-corrected chi connectivity index (χ2v) is 10.7. The highest BCUT2D eigenvalue weighted by Gasteiger charge is 2.10. The van der Waals surface area contributed by atoms with E-state index in [-0.39, 0.29) is 11.7 Å². The van der Waals surface area contributed by atoms with Gasteiger partial charge in [-0.1, -0.05) is 37.7 Å². The number of hydrogen-bond donors (Lipinski definition) is 2. The number of carbonyl (C=O) groups is 1. The van der Waals surface area contributed by atoms with E-state index >= 15 is 0 Å². The molecule has 0 radical (unpaired) electrons. The summed E-state index contributed by atoms with van der Waals surface area (Å²) >= 11 is 2.79. The van der Waals surface area contributed by atoms with Gasteiger partial charge in [-0.3, -0.25) is 9.52 Å². The third kappa shape index (κ3) is 5.70. The maximum Gasteiger partial charge on any atom is 0.234 e. The van der Waals surface area contributed by atoms with Crippen LogP contribution in [0.1, 0.15) is 25.3 Å². The molecule has 0 aliphatic rings. The zero-order valence-corrected chi connectivity index (χ0v) is 18.2.